The van der Waals surface area contributed by atoms with Crippen LogP contribution in [0.4, 0.5) is 0 Å². The van der Waals surface area contributed by atoms with Crippen LogP contribution in [-0.4, -0.2) is 47.4 Å². The van der Waals surface area contributed by atoms with E-state index in [1.54, 1.807) is 6.20 Å². The number of thioether (sulfide) groups is 1. The maximum Gasteiger partial charge on any atom is 0.233 e. The number of aryl methyl sites for hydroxylation is 2. The van der Waals surface area contributed by atoms with Crippen LogP contribution in [-0.2, 0) is 17.8 Å². The molecule has 1 amide bonds. The van der Waals surface area contributed by atoms with Crippen LogP contribution < -0.4 is 0 Å². The third kappa shape index (κ3) is 4.01. The zero-order chi connectivity index (χ0) is 21.2. The average Bonchev–Trinajstić information content (AvgIpc) is 3.49. The Morgan fingerprint density at radius 3 is 2.94 bits per heavy atom. The molecule has 2 aromatic heterocycles. The minimum Gasteiger partial charge on any atom is -0.332 e. The van der Waals surface area contributed by atoms with Crippen molar-refractivity contribution in [1.82, 2.24) is 29.2 Å². The lowest BCUT2D eigenvalue weighted by Crippen LogP contribution is -2.33. The number of rotatable bonds is 5. The zero-order valence-electron chi connectivity index (χ0n) is 17.9. The van der Waals surface area contributed by atoms with Gasteiger partial charge in [0.25, 0.3) is 0 Å². The molecule has 162 valence electrons. The van der Waals surface area contributed by atoms with Crippen LogP contribution in [0, 0.1) is 6.92 Å². The quantitative estimate of drug-likeness (QED) is 0.567. The number of likely N-dealkylation sites (tertiary alicyclic amines) is 1. The van der Waals surface area contributed by atoms with Crippen molar-refractivity contribution in [3.63, 3.8) is 0 Å². The molecule has 1 aromatic carbocycles. The average molecular weight is 437 g/mol. The summed E-state index contributed by atoms with van der Waals surface area (Å²) in [5.41, 5.74) is 2.28. The summed E-state index contributed by atoms with van der Waals surface area (Å²) in [5.74, 6) is 2.59. The minimum atomic E-state index is 0.0450. The highest BCUT2D eigenvalue weighted by Gasteiger charge is 2.34. The summed E-state index contributed by atoms with van der Waals surface area (Å²) < 4.78 is 4.34. The lowest BCUT2D eigenvalue weighted by molar-refractivity contribution is -0.129. The van der Waals surface area contributed by atoms with Crippen LogP contribution in [0.3, 0.4) is 0 Å². The Morgan fingerprint density at radius 2 is 2.03 bits per heavy atom. The summed E-state index contributed by atoms with van der Waals surface area (Å²) >= 11 is 1.50. The van der Waals surface area contributed by atoms with Crippen LogP contribution in [0.1, 0.15) is 55.4 Å². The smallest absolute Gasteiger partial charge is 0.233 e. The van der Waals surface area contributed by atoms with Gasteiger partial charge in [-0.3, -0.25) is 9.36 Å². The van der Waals surface area contributed by atoms with Crippen molar-refractivity contribution in [2.24, 2.45) is 0 Å². The van der Waals surface area contributed by atoms with Gasteiger partial charge < -0.3 is 9.47 Å². The van der Waals surface area contributed by atoms with E-state index in [2.05, 4.69) is 43.4 Å². The molecule has 0 bridgehead atoms. The number of fused-ring (bicyclic) bond motifs is 1. The fourth-order valence-electron chi connectivity index (χ4n) is 4.71. The second-order valence-electron chi connectivity index (χ2n) is 8.34. The van der Waals surface area contributed by atoms with Crippen molar-refractivity contribution in [3.05, 3.63) is 53.9 Å². The van der Waals surface area contributed by atoms with E-state index in [0.29, 0.717) is 5.75 Å². The molecule has 0 N–H and O–H groups in total. The molecule has 1 unspecified atom stereocenters. The van der Waals surface area contributed by atoms with Gasteiger partial charge in [-0.25, -0.2) is 4.98 Å². The number of para-hydroxylation sites is 1. The molecule has 2 aliphatic rings. The number of benzene rings is 1. The third-order valence-electron chi connectivity index (χ3n) is 6.32. The molecule has 7 nitrogen and oxygen atoms in total. The fourth-order valence-corrected chi connectivity index (χ4v) is 5.56. The first-order valence-electron chi connectivity index (χ1n) is 11.2. The molecular weight excluding hydrogens is 408 g/mol. The Hall–Kier alpha value is -2.61. The van der Waals surface area contributed by atoms with Crippen molar-refractivity contribution in [2.45, 2.75) is 63.2 Å². The highest BCUT2D eigenvalue weighted by Crippen LogP contribution is 2.33. The van der Waals surface area contributed by atoms with Gasteiger partial charge in [-0.2, -0.15) is 0 Å². The van der Waals surface area contributed by atoms with E-state index in [4.69, 9.17) is 0 Å². The van der Waals surface area contributed by atoms with E-state index in [0.717, 1.165) is 61.3 Å². The Balaban J connectivity index is 1.30. The molecule has 1 saturated heterocycles. The zero-order valence-corrected chi connectivity index (χ0v) is 18.7. The molecule has 8 heteroatoms. The van der Waals surface area contributed by atoms with E-state index in [9.17, 15) is 4.79 Å². The van der Waals surface area contributed by atoms with E-state index < -0.39 is 0 Å². The minimum absolute atomic E-state index is 0.0450. The number of amides is 1. The molecule has 31 heavy (non-hydrogen) atoms. The highest BCUT2D eigenvalue weighted by atomic mass is 32.2. The summed E-state index contributed by atoms with van der Waals surface area (Å²) in [7, 11) is 0. The van der Waals surface area contributed by atoms with E-state index in [1.807, 2.05) is 23.2 Å². The van der Waals surface area contributed by atoms with Crippen molar-refractivity contribution in [3.8, 4) is 5.69 Å². The summed E-state index contributed by atoms with van der Waals surface area (Å²) in [6.07, 6.45) is 10.3. The topological polar surface area (TPSA) is 68.8 Å². The highest BCUT2D eigenvalue weighted by molar-refractivity contribution is 7.99. The van der Waals surface area contributed by atoms with Crippen molar-refractivity contribution >= 4 is 17.7 Å². The Bertz CT molecular complexity index is 1070. The number of aromatic nitrogens is 5. The van der Waals surface area contributed by atoms with E-state index >= 15 is 0 Å². The largest absolute Gasteiger partial charge is 0.332 e. The van der Waals surface area contributed by atoms with Gasteiger partial charge in [0.05, 0.1) is 17.5 Å². The van der Waals surface area contributed by atoms with E-state index in [1.165, 1.54) is 30.2 Å². The van der Waals surface area contributed by atoms with Crippen molar-refractivity contribution in [2.75, 3.05) is 12.3 Å². The maximum atomic E-state index is 13.2. The van der Waals surface area contributed by atoms with Crippen molar-refractivity contribution < 1.29 is 4.79 Å². The number of hydrogen-bond donors (Lipinski definition) is 0. The summed E-state index contributed by atoms with van der Waals surface area (Å²) in [4.78, 5) is 19.7. The summed E-state index contributed by atoms with van der Waals surface area (Å²) in [5, 5.41) is 9.82. The number of imidazole rings is 1. The molecule has 0 saturated carbocycles. The fraction of sp³-hybridized carbons (Fsp3) is 0.478. The number of hydrogen-bond acceptors (Lipinski definition) is 5. The molecule has 5 rings (SSSR count). The van der Waals surface area contributed by atoms with Gasteiger partial charge in [0.1, 0.15) is 5.82 Å². The second-order valence-corrected chi connectivity index (χ2v) is 9.28. The number of nitrogens with zero attached hydrogens (tertiary/aromatic N) is 6. The standard InChI is InChI=1S/C23H28N6OS/c1-17-8-4-5-9-18(17)28-15-12-24-23(28)31-16-21(30)27-14-7-10-19(27)22-26-25-20-11-3-2-6-13-29(20)22/h4-5,8-9,12,15,19H,2-3,6-7,10-11,13-14,16H2,1H3. The first-order chi connectivity index (χ1) is 15.2. The van der Waals surface area contributed by atoms with Crippen molar-refractivity contribution in [1.29, 1.82) is 0 Å². The van der Waals surface area contributed by atoms with Gasteiger partial charge >= 0.3 is 0 Å². The lowest BCUT2D eigenvalue weighted by atomic mass is 10.2. The Labute approximate surface area is 186 Å². The van der Waals surface area contributed by atoms with Crippen LogP contribution in [0.15, 0.2) is 41.8 Å². The summed E-state index contributed by atoms with van der Waals surface area (Å²) in [6.45, 7) is 3.85. The first kappa shape index (κ1) is 20.3. The van der Waals surface area contributed by atoms with Gasteiger partial charge in [0, 0.05) is 31.9 Å². The van der Waals surface area contributed by atoms with Gasteiger partial charge in [-0.05, 0) is 44.2 Å². The van der Waals surface area contributed by atoms with Gasteiger partial charge in [-0.15, -0.1) is 10.2 Å². The number of carbonyl (C=O) groups excluding carboxylic acids is 1. The van der Waals surface area contributed by atoms with Gasteiger partial charge in [0.15, 0.2) is 11.0 Å². The Morgan fingerprint density at radius 1 is 1.13 bits per heavy atom. The van der Waals surface area contributed by atoms with Gasteiger partial charge in [0.2, 0.25) is 5.91 Å². The Kier molecular flexibility index (Phi) is 5.80. The predicted octanol–water partition coefficient (Wildman–Crippen LogP) is 3.95. The molecular formula is C23H28N6OS. The van der Waals surface area contributed by atoms with E-state index in [-0.39, 0.29) is 11.9 Å². The normalized spacial score (nSPS) is 18.7. The maximum absolute atomic E-state index is 13.2. The molecule has 4 heterocycles. The summed E-state index contributed by atoms with van der Waals surface area (Å²) in [6, 6.07) is 8.27. The third-order valence-corrected chi connectivity index (χ3v) is 7.27. The molecule has 0 spiro atoms. The van der Waals surface area contributed by atoms with Crippen LogP contribution in [0.25, 0.3) is 5.69 Å². The molecule has 0 radical (unpaired) electrons. The number of carbonyl (C=O) groups is 1. The van der Waals surface area contributed by atoms with Gasteiger partial charge in [-0.1, -0.05) is 36.4 Å². The monoisotopic (exact) mass is 436 g/mol. The molecule has 1 atom stereocenters. The molecule has 0 aliphatic carbocycles. The van der Waals surface area contributed by atoms with Crippen LogP contribution in [0.5, 0.6) is 0 Å². The predicted molar refractivity (Wildman–Crippen MR) is 120 cm³/mol. The van der Waals surface area contributed by atoms with Crippen LogP contribution in [0.2, 0.25) is 0 Å². The van der Waals surface area contributed by atoms with Crippen LogP contribution >= 0.6 is 11.8 Å². The molecule has 1 fully saturated rings. The molecule has 2 aliphatic heterocycles. The second kappa shape index (κ2) is 8.86. The first-order valence-corrected chi connectivity index (χ1v) is 12.1. The SMILES string of the molecule is Cc1ccccc1-n1ccnc1SCC(=O)N1CCCC1c1nnc2n1CCCCC2. The molecule has 3 aromatic rings. The lowest BCUT2D eigenvalue weighted by Gasteiger charge is -2.24.